The van der Waals surface area contributed by atoms with Crippen molar-refractivity contribution in [2.75, 3.05) is 13.1 Å². The summed E-state index contributed by atoms with van der Waals surface area (Å²) in [7, 11) is 0. The number of hydrogen-bond acceptors (Lipinski definition) is 1. The minimum absolute atomic E-state index is 0.688. The van der Waals surface area contributed by atoms with Crippen LogP contribution in [0.15, 0.2) is 48.5 Å². The highest BCUT2D eigenvalue weighted by Gasteiger charge is 2.17. The van der Waals surface area contributed by atoms with Gasteiger partial charge >= 0.3 is 0 Å². The summed E-state index contributed by atoms with van der Waals surface area (Å²) in [6, 6.07) is 17.8. The third-order valence-electron chi connectivity index (χ3n) is 4.13. The summed E-state index contributed by atoms with van der Waals surface area (Å²) in [4.78, 5) is 0. The molecule has 1 heteroatoms. The smallest absolute Gasteiger partial charge is 0.00206 e. The molecular formula is C18H21N. The zero-order chi connectivity index (χ0) is 13.1. The van der Waals surface area contributed by atoms with Gasteiger partial charge in [-0.25, -0.2) is 0 Å². The lowest BCUT2D eigenvalue weighted by Crippen LogP contribution is -2.08. The molecule has 1 nitrogen and oxygen atoms in total. The standard InChI is InChI=1S/C18H21N/c1-2-14-8-9-16(17-10-11-19-13-17)12-18(14)15-6-4-3-5-7-15/h3-9,12,17,19H,2,10-11,13H2,1H3. The van der Waals surface area contributed by atoms with Gasteiger partial charge < -0.3 is 5.32 Å². The van der Waals surface area contributed by atoms with Crippen molar-refractivity contribution < 1.29 is 0 Å². The van der Waals surface area contributed by atoms with Gasteiger partial charge in [0.1, 0.15) is 0 Å². The number of nitrogens with one attached hydrogen (secondary N) is 1. The van der Waals surface area contributed by atoms with E-state index in [0.29, 0.717) is 5.92 Å². The molecular weight excluding hydrogens is 230 g/mol. The van der Waals surface area contributed by atoms with Gasteiger partial charge in [0.2, 0.25) is 0 Å². The average molecular weight is 251 g/mol. The fourth-order valence-corrected chi connectivity index (χ4v) is 2.98. The normalized spacial score (nSPS) is 18.7. The highest BCUT2D eigenvalue weighted by Crippen LogP contribution is 2.30. The summed E-state index contributed by atoms with van der Waals surface area (Å²) in [5, 5.41) is 3.46. The number of hydrogen-bond donors (Lipinski definition) is 1. The lowest BCUT2D eigenvalue weighted by molar-refractivity contribution is 0.763. The predicted molar refractivity (Wildman–Crippen MR) is 81.5 cm³/mol. The van der Waals surface area contributed by atoms with Crippen molar-refractivity contribution in [1.82, 2.24) is 5.32 Å². The minimum atomic E-state index is 0.688. The molecule has 1 N–H and O–H groups in total. The molecule has 1 heterocycles. The highest BCUT2D eigenvalue weighted by atomic mass is 14.9. The fourth-order valence-electron chi connectivity index (χ4n) is 2.98. The second-order valence-electron chi connectivity index (χ2n) is 5.33. The van der Waals surface area contributed by atoms with Crippen LogP contribution in [0, 0.1) is 0 Å². The Labute approximate surface area is 115 Å². The van der Waals surface area contributed by atoms with Gasteiger partial charge in [0.25, 0.3) is 0 Å². The lowest BCUT2D eigenvalue weighted by Gasteiger charge is -2.14. The molecule has 0 amide bonds. The summed E-state index contributed by atoms with van der Waals surface area (Å²) < 4.78 is 0. The first-order valence-electron chi connectivity index (χ1n) is 7.27. The van der Waals surface area contributed by atoms with Crippen molar-refractivity contribution in [2.24, 2.45) is 0 Å². The first-order valence-corrected chi connectivity index (χ1v) is 7.27. The van der Waals surface area contributed by atoms with Crippen LogP contribution in [0.1, 0.15) is 30.4 Å². The first-order chi connectivity index (χ1) is 9.38. The van der Waals surface area contributed by atoms with Gasteiger partial charge in [0.05, 0.1) is 0 Å². The van der Waals surface area contributed by atoms with Gasteiger partial charge in [-0.3, -0.25) is 0 Å². The molecule has 0 aliphatic carbocycles. The Kier molecular flexibility index (Phi) is 3.65. The van der Waals surface area contributed by atoms with E-state index in [1.807, 2.05) is 0 Å². The van der Waals surface area contributed by atoms with Crippen molar-refractivity contribution in [3.05, 3.63) is 59.7 Å². The van der Waals surface area contributed by atoms with Crippen LogP contribution in [0.3, 0.4) is 0 Å². The van der Waals surface area contributed by atoms with Crippen molar-refractivity contribution in [3.8, 4) is 11.1 Å². The SMILES string of the molecule is CCc1ccc(C2CCNC2)cc1-c1ccccc1. The summed E-state index contributed by atoms with van der Waals surface area (Å²) in [6.45, 7) is 4.51. The summed E-state index contributed by atoms with van der Waals surface area (Å²) in [5.41, 5.74) is 5.68. The monoisotopic (exact) mass is 251 g/mol. The summed E-state index contributed by atoms with van der Waals surface area (Å²) in [6.07, 6.45) is 2.35. The molecule has 0 radical (unpaired) electrons. The molecule has 1 atom stereocenters. The zero-order valence-corrected chi connectivity index (χ0v) is 11.5. The van der Waals surface area contributed by atoms with E-state index in [-0.39, 0.29) is 0 Å². The molecule has 19 heavy (non-hydrogen) atoms. The molecule has 1 aliphatic rings. The Bertz CT molecular complexity index is 539. The van der Waals surface area contributed by atoms with Crippen LogP contribution in [0.2, 0.25) is 0 Å². The quantitative estimate of drug-likeness (QED) is 0.869. The van der Waals surface area contributed by atoms with E-state index in [1.54, 1.807) is 0 Å². The maximum atomic E-state index is 3.46. The van der Waals surface area contributed by atoms with E-state index in [1.165, 1.54) is 28.7 Å². The molecule has 0 spiro atoms. The van der Waals surface area contributed by atoms with Crippen LogP contribution >= 0.6 is 0 Å². The van der Waals surface area contributed by atoms with Crippen LogP contribution < -0.4 is 5.32 Å². The molecule has 2 aromatic carbocycles. The van der Waals surface area contributed by atoms with Gasteiger partial charge in [0, 0.05) is 6.54 Å². The first kappa shape index (κ1) is 12.4. The Balaban J connectivity index is 2.03. The van der Waals surface area contributed by atoms with Gasteiger partial charge in [0.15, 0.2) is 0 Å². The predicted octanol–water partition coefficient (Wildman–Crippen LogP) is 3.99. The number of rotatable bonds is 3. The van der Waals surface area contributed by atoms with E-state index in [0.717, 1.165) is 19.5 Å². The Morgan fingerprint density at radius 3 is 2.63 bits per heavy atom. The lowest BCUT2D eigenvalue weighted by atomic mass is 9.90. The minimum Gasteiger partial charge on any atom is -0.316 e. The third-order valence-corrected chi connectivity index (χ3v) is 4.13. The van der Waals surface area contributed by atoms with E-state index in [9.17, 15) is 0 Å². The summed E-state index contributed by atoms with van der Waals surface area (Å²) in [5.74, 6) is 0.688. The van der Waals surface area contributed by atoms with E-state index < -0.39 is 0 Å². The van der Waals surface area contributed by atoms with E-state index in [2.05, 4.69) is 60.8 Å². The average Bonchev–Trinajstić information content (AvgIpc) is 3.02. The zero-order valence-electron chi connectivity index (χ0n) is 11.5. The molecule has 98 valence electrons. The van der Waals surface area contributed by atoms with Gasteiger partial charge in [-0.05, 0) is 47.6 Å². The largest absolute Gasteiger partial charge is 0.316 e. The summed E-state index contributed by atoms with van der Waals surface area (Å²) >= 11 is 0. The Morgan fingerprint density at radius 2 is 1.95 bits per heavy atom. The Morgan fingerprint density at radius 1 is 1.11 bits per heavy atom. The van der Waals surface area contributed by atoms with Gasteiger partial charge in [-0.15, -0.1) is 0 Å². The number of aryl methyl sites for hydroxylation is 1. The maximum Gasteiger partial charge on any atom is 0.00206 e. The van der Waals surface area contributed by atoms with E-state index >= 15 is 0 Å². The molecule has 0 bridgehead atoms. The number of benzene rings is 2. The van der Waals surface area contributed by atoms with Crippen LogP contribution in [0.5, 0.6) is 0 Å². The third kappa shape index (κ3) is 2.57. The molecule has 1 aliphatic heterocycles. The highest BCUT2D eigenvalue weighted by molar-refractivity contribution is 5.68. The molecule has 1 unspecified atom stereocenters. The van der Waals surface area contributed by atoms with Crippen LogP contribution in [0.4, 0.5) is 0 Å². The van der Waals surface area contributed by atoms with Crippen LogP contribution in [0.25, 0.3) is 11.1 Å². The molecule has 3 rings (SSSR count). The molecule has 0 aromatic heterocycles. The van der Waals surface area contributed by atoms with Crippen LogP contribution in [-0.2, 0) is 6.42 Å². The van der Waals surface area contributed by atoms with Crippen molar-refractivity contribution in [3.63, 3.8) is 0 Å². The topological polar surface area (TPSA) is 12.0 Å². The molecule has 2 aromatic rings. The van der Waals surface area contributed by atoms with Crippen molar-refractivity contribution in [2.45, 2.75) is 25.7 Å². The second kappa shape index (κ2) is 5.58. The molecule has 1 fully saturated rings. The maximum absolute atomic E-state index is 3.46. The van der Waals surface area contributed by atoms with Crippen molar-refractivity contribution >= 4 is 0 Å². The second-order valence-corrected chi connectivity index (χ2v) is 5.33. The van der Waals surface area contributed by atoms with Crippen LogP contribution in [-0.4, -0.2) is 13.1 Å². The fraction of sp³-hybridized carbons (Fsp3) is 0.333. The van der Waals surface area contributed by atoms with Gasteiger partial charge in [-0.1, -0.05) is 55.5 Å². The van der Waals surface area contributed by atoms with E-state index in [4.69, 9.17) is 0 Å². The molecule has 1 saturated heterocycles. The van der Waals surface area contributed by atoms with Gasteiger partial charge in [-0.2, -0.15) is 0 Å². The Hall–Kier alpha value is -1.60. The van der Waals surface area contributed by atoms with Crippen molar-refractivity contribution in [1.29, 1.82) is 0 Å². The molecule has 0 saturated carbocycles.